The molecule has 44 heavy (non-hydrogen) atoms. The molecule has 1 amide bonds. The number of anilines is 1. The summed E-state index contributed by atoms with van der Waals surface area (Å²) >= 11 is 0. The molecule has 10 atom stereocenters. The Kier molecular flexibility index (Phi) is 9.13. The van der Waals surface area contributed by atoms with Crippen LogP contribution in [0.15, 0.2) is 37.2 Å². The summed E-state index contributed by atoms with van der Waals surface area (Å²) in [5, 5.41) is 43.7. The third kappa shape index (κ3) is 6.65. The van der Waals surface area contributed by atoms with E-state index in [1.165, 1.54) is 40.0 Å². The molecule has 2 unspecified atom stereocenters. The SMILES string of the molecule is NC(=O)c1ccc[n+]([C@H]2O[C@H](COP(=O)(O)OP(=O)(O)OC[C@H]3O[C@@H](n4cnc5c(N)ncnc54)[C@H](O)[C@@H]3O)[C@@H](O)[C@@H]2[O-])c1. The Bertz CT molecular complexity index is 1630. The molecule has 0 radical (unpaired) electrons. The number of rotatable bonds is 11. The van der Waals surface area contributed by atoms with Crippen LogP contribution >= 0.6 is 15.6 Å². The minimum absolute atomic E-state index is 0.0416. The first kappa shape index (κ1) is 32.4. The quantitative estimate of drug-likeness (QED) is 0.0768. The Morgan fingerprint density at radius 2 is 1.70 bits per heavy atom. The van der Waals surface area contributed by atoms with E-state index in [4.69, 9.17) is 25.5 Å². The zero-order valence-corrected chi connectivity index (χ0v) is 24.0. The van der Waals surface area contributed by atoms with E-state index in [1.54, 1.807) is 0 Å². The highest BCUT2D eigenvalue weighted by atomic mass is 31.3. The monoisotopic (exact) mass is 663 g/mol. The maximum Gasteiger partial charge on any atom is 0.481 e. The normalized spacial score (nSPS) is 31.6. The lowest BCUT2D eigenvalue weighted by Crippen LogP contribution is -2.52. The van der Waals surface area contributed by atoms with Gasteiger partial charge in [0, 0.05) is 6.07 Å². The lowest BCUT2D eigenvalue weighted by molar-refractivity contribution is -0.782. The second-order valence-electron chi connectivity index (χ2n) is 9.66. The van der Waals surface area contributed by atoms with Crippen molar-refractivity contribution < 1.29 is 71.5 Å². The van der Waals surface area contributed by atoms with E-state index < -0.39 is 83.8 Å². The maximum atomic E-state index is 12.6. The number of nitrogens with zero attached hydrogens (tertiary/aromatic N) is 5. The molecule has 9 N–H and O–H groups in total. The first-order valence-electron chi connectivity index (χ1n) is 12.6. The fourth-order valence-electron chi connectivity index (χ4n) is 4.56. The van der Waals surface area contributed by atoms with E-state index in [1.807, 2.05) is 0 Å². The van der Waals surface area contributed by atoms with Crippen molar-refractivity contribution in [3.8, 4) is 0 Å². The highest BCUT2D eigenvalue weighted by Gasteiger charge is 2.47. The number of ether oxygens (including phenoxy) is 2. The highest BCUT2D eigenvalue weighted by molar-refractivity contribution is 7.61. The predicted octanol–water partition coefficient (Wildman–Crippen LogP) is -3.65. The molecule has 2 saturated heterocycles. The van der Waals surface area contributed by atoms with Gasteiger partial charge >= 0.3 is 15.6 Å². The van der Waals surface area contributed by atoms with Gasteiger partial charge in [0.05, 0.1) is 25.6 Å². The Morgan fingerprint density at radius 1 is 1.05 bits per heavy atom. The topological polar surface area (TPSA) is 321 Å². The largest absolute Gasteiger partial charge is 0.843 e. The summed E-state index contributed by atoms with van der Waals surface area (Å²) in [6.07, 6.45) is -7.49. The summed E-state index contributed by atoms with van der Waals surface area (Å²) in [5.74, 6) is -0.738. The van der Waals surface area contributed by atoms with E-state index in [0.717, 1.165) is 6.33 Å². The summed E-state index contributed by atoms with van der Waals surface area (Å²) in [7, 11) is -10.8. The van der Waals surface area contributed by atoms with Gasteiger partial charge in [-0.15, -0.1) is 0 Å². The van der Waals surface area contributed by atoms with Gasteiger partial charge in [0.2, 0.25) is 0 Å². The molecule has 0 aromatic carbocycles. The number of amides is 1. The number of hydrogen-bond acceptors (Lipinski definition) is 16. The van der Waals surface area contributed by atoms with Crippen molar-refractivity contribution in [2.45, 2.75) is 49.1 Å². The van der Waals surface area contributed by atoms with Crippen molar-refractivity contribution in [3.05, 3.63) is 42.7 Å². The van der Waals surface area contributed by atoms with Crippen molar-refractivity contribution in [3.63, 3.8) is 0 Å². The summed E-state index contributed by atoms with van der Waals surface area (Å²) in [6, 6.07) is 2.79. The average molecular weight is 663 g/mol. The van der Waals surface area contributed by atoms with E-state index in [0.29, 0.717) is 0 Å². The van der Waals surface area contributed by atoms with Crippen LogP contribution in [0.2, 0.25) is 0 Å². The number of nitrogens with two attached hydrogens (primary N) is 2. The third-order valence-corrected chi connectivity index (χ3v) is 9.32. The fourth-order valence-corrected chi connectivity index (χ4v) is 6.65. The molecule has 21 nitrogen and oxygen atoms in total. The number of carbonyl (C=O) groups excluding carboxylic acids is 1. The van der Waals surface area contributed by atoms with Crippen LogP contribution in [0.4, 0.5) is 5.82 Å². The van der Waals surface area contributed by atoms with Crippen molar-refractivity contribution >= 4 is 38.5 Å². The average Bonchev–Trinajstić information content (AvgIpc) is 3.61. The van der Waals surface area contributed by atoms with E-state index >= 15 is 0 Å². The molecule has 0 bridgehead atoms. The molecule has 2 aliphatic rings. The zero-order valence-electron chi connectivity index (χ0n) is 22.2. The summed E-state index contributed by atoms with van der Waals surface area (Å²) in [6.45, 7) is -1.84. The van der Waals surface area contributed by atoms with Crippen molar-refractivity contribution in [1.82, 2.24) is 19.5 Å². The zero-order chi connectivity index (χ0) is 32.0. The molecule has 23 heteroatoms. The van der Waals surface area contributed by atoms with Gasteiger partial charge in [-0.2, -0.15) is 8.88 Å². The Morgan fingerprint density at radius 3 is 2.36 bits per heavy atom. The highest BCUT2D eigenvalue weighted by Crippen LogP contribution is 2.60. The Balaban J connectivity index is 1.16. The van der Waals surface area contributed by atoms with Crippen LogP contribution in [0.25, 0.3) is 11.2 Å². The molecule has 240 valence electrons. The Labute approximate surface area is 246 Å². The molecule has 2 aliphatic heterocycles. The number of hydrogen-bond donors (Lipinski definition) is 7. The molecule has 3 aromatic heterocycles. The van der Waals surface area contributed by atoms with Gasteiger partial charge in [0.15, 0.2) is 30.1 Å². The number of primary amides is 1. The maximum absolute atomic E-state index is 12.6. The first-order valence-corrected chi connectivity index (χ1v) is 15.6. The van der Waals surface area contributed by atoms with Crippen LogP contribution in [0.5, 0.6) is 0 Å². The third-order valence-electron chi connectivity index (χ3n) is 6.72. The molecule has 0 saturated carbocycles. The van der Waals surface area contributed by atoms with Crippen LogP contribution in [0, 0.1) is 0 Å². The van der Waals surface area contributed by atoms with Gasteiger partial charge in [0.1, 0.15) is 41.8 Å². The number of carbonyl (C=O) groups is 1. The minimum Gasteiger partial charge on any atom is -0.843 e. The number of imidazole rings is 1. The summed E-state index contributed by atoms with van der Waals surface area (Å²) in [4.78, 5) is 43.3. The summed E-state index contributed by atoms with van der Waals surface area (Å²) in [5.41, 5.74) is 11.4. The number of aliphatic hydroxyl groups is 3. The van der Waals surface area contributed by atoms with Crippen LogP contribution < -0.4 is 21.1 Å². The predicted molar refractivity (Wildman–Crippen MR) is 137 cm³/mol. The molecule has 0 aliphatic carbocycles. The second kappa shape index (κ2) is 12.4. The molecule has 5 rings (SSSR count). The van der Waals surface area contributed by atoms with Crippen LogP contribution in [0.3, 0.4) is 0 Å². The standard InChI is InChI=1S/C21H27N7O14P2/c22-17-12-19(25-7-24-17)28(8-26-12)21-16(32)14(30)11(41-21)6-39-44(36,37)42-43(34,35)38-5-10-13(29)15(31)20(40-10)27-3-1-2-9(4-27)18(23)33/h1-4,7-8,10-11,13-16,20-21,29-30,32H,5-6H2,(H2,23,33)(H,34,35)(H,36,37)(H2,22,24,25)/t10-,11-,13-,14-,15+,16-,20+,21-/m1/s1. The fraction of sp³-hybridized carbons (Fsp3) is 0.476. The number of fused-ring (bicyclic) bond motifs is 1. The van der Waals surface area contributed by atoms with E-state index in [-0.39, 0.29) is 22.5 Å². The number of aliphatic hydroxyl groups excluding tert-OH is 3. The van der Waals surface area contributed by atoms with Crippen LogP contribution in [0.1, 0.15) is 22.8 Å². The number of phosphoric ester groups is 2. The van der Waals surface area contributed by atoms with Gasteiger partial charge in [-0.25, -0.2) is 24.1 Å². The number of pyridine rings is 1. The van der Waals surface area contributed by atoms with Gasteiger partial charge in [-0.3, -0.25) is 18.4 Å². The van der Waals surface area contributed by atoms with Crippen LogP contribution in [-0.4, -0.2) is 100 Å². The van der Waals surface area contributed by atoms with E-state index in [2.05, 4.69) is 23.8 Å². The molecule has 3 aromatic rings. The first-order chi connectivity index (χ1) is 20.7. The lowest BCUT2D eigenvalue weighted by atomic mass is 10.1. The molecule has 2 fully saturated rings. The smallest absolute Gasteiger partial charge is 0.481 e. The van der Waals surface area contributed by atoms with E-state index in [9.17, 15) is 44.1 Å². The molecule has 5 heterocycles. The lowest BCUT2D eigenvalue weighted by Gasteiger charge is -2.22. The van der Waals surface area contributed by atoms with Crippen molar-refractivity contribution in [2.75, 3.05) is 18.9 Å². The molecule has 0 spiro atoms. The number of nitrogen functional groups attached to an aromatic ring is 1. The van der Waals surface area contributed by atoms with Crippen molar-refractivity contribution in [1.29, 1.82) is 0 Å². The number of aromatic nitrogens is 5. The molecular formula is C21H27N7O14P2. The summed E-state index contributed by atoms with van der Waals surface area (Å²) < 4.78 is 51.8. The van der Waals surface area contributed by atoms with Gasteiger partial charge in [0.25, 0.3) is 12.1 Å². The number of phosphoric acid groups is 2. The van der Waals surface area contributed by atoms with Crippen LogP contribution in [-0.2, 0) is 32.0 Å². The van der Waals surface area contributed by atoms with Gasteiger partial charge < -0.3 is 51.2 Å². The molecular weight excluding hydrogens is 636 g/mol. The Hall–Kier alpha value is -3.01. The van der Waals surface area contributed by atoms with Gasteiger partial charge in [-0.05, 0) is 12.2 Å². The van der Waals surface area contributed by atoms with Gasteiger partial charge in [-0.1, -0.05) is 0 Å². The minimum atomic E-state index is -5.39. The van der Waals surface area contributed by atoms with Crippen molar-refractivity contribution in [2.24, 2.45) is 5.73 Å². The second-order valence-corrected chi connectivity index (χ2v) is 12.7.